The molecule has 0 fully saturated rings. The molecule has 0 saturated heterocycles. The van der Waals surface area contributed by atoms with Crippen LogP contribution >= 0.6 is 0 Å². The summed E-state index contributed by atoms with van der Waals surface area (Å²) < 4.78 is 2.14. The number of benzene rings is 1. The molecule has 0 radical (unpaired) electrons. The molecular weight excluding hydrogens is 254 g/mol. The zero-order valence-electron chi connectivity index (χ0n) is 12.4. The summed E-state index contributed by atoms with van der Waals surface area (Å²) in [4.78, 5) is 17.5. The lowest BCUT2D eigenvalue weighted by molar-refractivity contribution is 0.0697. The number of carboxylic acids is 1. The molecular formula is C15H21N3O2. The molecule has 1 N–H and O–H groups in total. The zero-order chi connectivity index (χ0) is 14.9. The van der Waals surface area contributed by atoms with Crippen LogP contribution in [0.15, 0.2) is 24.5 Å². The van der Waals surface area contributed by atoms with Gasteiger partial charge in [0.2, 0.25) is 0 Å². The van der Waals surface area contributed by atoms with Gasteiger partial charge in [-0.2, -0.15) is 0 Å². The second kappa shape index (κ2) is 5.63. The van der Waals surface area contributed by atoms with Gasteiger partial charge in [0.25, 0.3) is 0 Å². The molecule has 5 heteroatoms. The van der Waals surface area contributed by atoms with E-state index in [9.17, 15) is 4.79 Å². The van der Waals surface area contributed by atoms with Crippen LogP contribution in [0.25, 0.3) is 11.0 Å². The van der Waals surface area contributed by atoms with Gasteiger partial charge in [0.1, 0.15) is 0 Å². The van der Waals surface area contributed by atoms with Crippen LogP contribution in [0.5, 0.6) is 0 Å². The Bertz CT molecular complexity index is 617. The molecule has 0 aliphatic rings. The highest BCUT2D eigenvalue weighted by Crippen LogP contribution is 2.24. The van der Waals surface area contributed by atoms with Crippen molar-refractivity contribution in [2.45, 2.75) is 19.9 Å². The minimum Gasteiger partial charge on any atom is -0.478 e. The Morgan fingerprint density at radius 1 is 1.40 bits per heavy atom. The van der Waals surface area contributed by atoms with Gasteiger partial charge < -0.3 is 14.6 Å². The molecule has 0 amide bonds. The molecule has 20 heavy (non-hydrogen) atoms. The molecule has 0 bridgehead atoms. The summed E-state index contributed by atoms with van der Waals surface area (Å²) in [5.74, 6) is -0.455. The summed E-state index contributed by atoms with van der Waals surface area (Å²) in [5, 5.41) is 9.03. The monoisotopic (exact) mass is 275 g/mol. The number of carbonyl (C=O) groups is 1. The van der Waals surface area contributed by atoms with E-state index in [1.165, 1.54) is 0 Å². The third kappa shape index (κ3) is 2.82. The normalized spacial score (nSPS) is 13.3. The number of rotatable bonds is 5. The van der Waals surface area contributed by atoms with Gasteiger partial charge in [-0.15, -0.1) is 0 Å². The van der Waals surface area contributed by atoms with Crippen molar-refractivity contribution in [3.05, 3.63) is 30.1 Å². The summed E-state index contributed by atoms with van der Waals surface area (Å²) in [6, 6.07) is 5.42. The number of fused-ring (bicyclic) bond motifs is 1. The highest BCUT2D eigenvalue weighted by molar-refractivity contribution is 5.92. The fourth-order valence-electron chi connectivity index (χ4n) is 2.42. The average Bonchev–Trinajstić information content (AvgIpc) is 2.77. The van der Waals surface area contributed by atoms with Gasteiger partial charge in [-0.1, -0.05) is 13.8 Å². The molecule has 0 aliphatic heterocycles. The Hall–Kier alpha value is -1.88. The van der Waals surface area contributed by atoms with Gasteiger partial charge in [-0.25, -0.2) is 9.78 Å². The molecule has 1 atom stereocenters. The van der Waals surface area contributed by atoms with E-state index in [1.807, 2.05) is 12.4 Å². The van der Waals surface area contributed by atoms with Crippen LogP contribution in [-0.4, -0.2) is 46.2 Å². The van der Waals surface area contributed by atoms with Gasteiger partial charge in [0.15, 0.2) is 0 Å². The van der Waals surface area contributed by atoms with Gasteiger partial charge in [-0.05, 0) is 38.2 Å². The van der Waals surface area contributed by atoms with Crippen molar-refractivity contribution in [2.24, 2.45) is 5.92 Å². The molecule has 5 nitrogen and oxygen atoms in total. The number of hydrogen-bond acceptors (Lipinski definition) is 3. The lowest BCUT2D eigenvalue weighted by Crippen LogP contribution is -2.27. The third-order valence-corrected chi connectivity index (χ3v) is 3.50. The largest absolute Gasteiger partial charge is 0.478 e. The van der Waals surface area contributed by atoms with Crippen molar-refractivity contribution in [2.75, 3.05) is 20.6 Å². The molecule has 1 heterocycles. The van der Waals surface area contributed by atoms with Crippen LogP contribution in [0.1, 0.15) is 30.2 Å². The Balaban J connectivity index is 2.46. The van der Waals surface area contributed by atoms with Crippen molar-refractivity contribution < 1.29 is 9.90 Å². The number of aromatic nitrogens is 2. The quantitative estimate of drug-likeness (QED) is 0.910. The number of nitrogens with zero attached hydrogens (tertiary/aromatic N) is 3. The number of aromatic carboxylic acids is 1. The van der Waals surface area contributed by atoms with Crippen molar-refractivity contribution in [3.63, 3.8) is 0 Å². The smallest absolute Gasteiger partial charge is 0.335 e. The topological polar surface area (TPSA) is 58.4 Å². The van der Waals surface area contributed by atoms with Crippen LogP contribution in [0, 0.1) is 5.92 Å². The highest BCUT2D eigenvalue weighted by atomic mass is 16.4. The van der Waals surface area contributed by atoms with Crippen LogP contribution in [0.3, 0.4) is 0 Å². The molecule has 108 valence electrons. The Kier molecular flexibility index (Phi) is 4.09. The molecule has 1 aromatic heterocycles. The van der Waals surface area contributed by atoms with Gasteiger partial charge in [0, 0.05) is 6.54 Å². The highest BCUT2D eigenvalue weighted by Gasteiger charge is 2.19. The SMILES string of the molecule is CC(C)C(CN(C)C)n1cnc2cc(C(=O)O)ccc21. The fraction of sp³-hybridized carbons (Fsp3) is 0.467. The van der Waals surface area contributed by atoms with E-state index in [2.05, 4.69) is 42.4 Å². The van der Waals surface area contributed by atoms with E-state index < -0.39 is 5.97 Å². The van der Waals surface area contributed by atoms with E-state index >= 15 is 0 Å². The molecule has 0 saturated carbocycles. The molecule has 1 aromatic carbocycles. The van der Waals surface area contributed by atoms with Gasteiger partial charge in [0.05, 0.1) is 29.0 Å². The van der Waals surface area contributed by atoms with E-state index in [4.69, 9.17) is 5.11 Å². The van der Waals surface area contributed by atoms with Crippen molar-refractivity contribution in [1.29, 1.82) is 0 Å². The maximum Gasteiger partial charge on any atom is 0.335 e. The summed E-state index contributed by atoms with van der Waals surface area (Å²) >= 11 is 0. The minimum absolute atomic E-state index is 0.274. The maximum atomic E-state index is 11.0. The van der Waals surface area contributed by atoms with E-state index in [0.717, 1.165) is 17.6 Å². The minimum atomic E-state index is -0.921. The molecule has 2 aromatic rings. The van der Waals surface area contributed by atoms with Crippen LogP contribution in [0.2, 0.25) is 0 Å². The van der Waals surface area contributed by atoms with Crippen LogP contribution < -0.4 is 0 Å². The summed E-state index contributed by atoms with van der Waals surface area (Å²) in [7, 11) is 4.11. The Morgan fingerprint density at radius 3 is 2.65 bits per heavy atom. The zero-order valence-corrected chi connectivity index (χ0v) is 12.4. The van der Waals surface area contributed by atoms with Crippen LogP contribution in [0.4, 0.5) is 0 Å². The number of carboxylic acid groups (broad SMARTS) is 1. The first-order valence-electron chi connectivity index (χ1n) is 6.74. The first kappa shape index (κ1) is 14.5. The number of likely N-dealkylation sites (N-methyl/N-ethyl adjacent to an activating group) is 1. The molecule has 1 unspecified atom stereocenters. The Labute approximate surface area is 118 Å². The summed E-state index contributed by atoms with van der Waals surface area (Å²) in [6.07, 6.45) is 1.81. The van der Waals surface area contributed by atoms with Crippen molar-refractivity contribution in [1.82, 2.24) is 14.5 Å². The van der Waals surface area contributed by atoms with E-state index in [0.29, 0.717) is 12.0 Å². The lowest BCUT2D eigenvalue weighted by Gasteiger charge is -2.26. The molecule has 2 rings (SSSR count). The van der Waals surface area contributed by atoms with E-state index in [1.54, 1.807) is 12.1 Å². The van der Waals surface area contributed by atoms with Crippen molar-refractivity contribution in [3.8, 4) is 0 Å². The molecule has 0 aliphatic carbocycles. The number of hydrogen-bond donors (Lipinski definition) is 1. The second-order valence-corrected chi connectivity index (χ2v) is 5.73. The number of imidazole rings is 1. The van der Waals surface area contributed by atoms with Crippen molar-refractivity contribution >= 4 is 17.0 Å². The fourth-order valence-corrected chi connectivity index (χ4v) is 2.42. The van der Waals surface area contributed by atoms with Crippen LogP contribution in [-0.2, 0) is 0 Å². The molecule has 0 spiro atoms. The summed E-state index contributed by atoms with van der Waals surface area (Å²) in [6.45, 7) is 5.29. The standard InChI is InChI=1S/C15H21N3O2/c1-10(2)14(8-17(3)4)18-9-16-12-7-11(15(19)20)5-6-13(12)18/h5-7,9-10,14H,8H2,1-4H3,(H,19,20). The predicted molar refractivity (Wildman–Crippen MR) is 79.1 cm³/mol. The van der Waals surface area contributed by atoms with Gasteiger partial charge >= 0.3 is 5.97 Å². The maximum absolute atomic E-state index is 11.0. The van der Waals surface area contributed by atoms with Gasteiger partial charge in [-0.3, -0.25) is 0 Å². The third-order valence-electron chi connectivity index (χ3n) is 3.50. The first-order valence-corrected chi connectivity index (χ1v) is 6.74. The first-order chi connectivity index (χ1) is 9.40. The van der Waals surface area contributed by atoms with E-state index in [-0.39, 0.29) is 5.56 Å². The summed E-state index contributed by atoms with van der Waals surface area (Å²) in [5.41, 5.74) is 1.99. The predicted octanol–water partition coefficient (Wildman–Crippen LogP) is 2.49. The second-order valence-electron chi connectivity index (χ2n) is 5.73. The lowest BCUT2D eigenvalue weighted by atomic mass is 10.0. The average molecular weight is 275 g/mol. The Morgan fingerprint density at radius 2 is 2.10 bits per heavy atom.